The molecule has 0 bridgehead atoms. The Morgan fingerprint density at radius 2 is 1.00 bits per heavy atom. The van der Waals surface area contributed by atoms with Gasteiger partial charge in [-0.05, 0) is 120 Å². The van der Waals surface area contributed by atoms with E-state index in [9.17, 15) is 10.2 Å². The minimum Gasteiger partial charge on any atom is -0.390 e. The summed E-state index contributed by atoms with van der Waals surface area (Å²) in [4.78, 5) is 0. The van der Waals surface area contributed by atoms with Crippen LogP contribution in [0.3, 0.4) is 0 Å². The number of aliphatic hydroxyl groups is 2. The molecule has 0 saturated carbocycles. The molecule has 0 spiro atoms. The van der Waals surface area contributed by atoms with Gasteiger partial charge in [0.05, 0.1) is 11.7 Å². The molecule has 2 atom stereocenters. The van der Waals surface area contributed by atoms with Gasteiger partial charge >= 0.3 is 0 Å². The second-order valence-electron chi connectivity index (χ2n) is 10.3. The number of rotatable bonds is 16. The van der Waals surface area contributed by atoms with Crippen LogP contribution in [0.4, 0.5) is 0 Å². The average molecular weight is 445 g/mol. The molecule has 0 aliphatic heterocycles. The van der Waals surface area contributed by atoms with E-state index >= 15 is 0 Å². The number of allylic oxidation sites excluding steroid dienone is 10. The lowest BCUT2D eigenvalue weighted by molar-refractivity contribution is -0.0689. The summed E-state index contributed by atoms with van der Waals surface area (Å²) in [6, 6.07) is 0. The quantitative estimate of drug-likeness (QED) is 0.233. The normalized spacial score (nSPS) is 15.9. The highest BCUT2D eigenvalue weighted by molar-refractivity contribution is 5.06. The average Bonchev–Trinajstić information content (AvgIpc) is 2.67. The van der Waals surface area contributed by atoms with Gasteiger partial charge in [0.2, 0.25) is 0 Å². The van der Waals surface area contributed by atoms with Crippen LogP contribution in [0.15, 0.2) is 58.2 Å². The van der Waals surface area contributed by atoms with Crippen LogP contribution in [0, 0.1) is 0 Å². The van der Waals surface area contributed by atoms with Crippen LogP contribution in [0.5, 0.6) is 0 Å². The van der Waals surface area contributed by atoms with Crippen molar-refractivity contribution in [1.82, 2.24) is 0 Å². The summed E-state index contributed by atoms with van der Waals surface area (Å²) in [5.41, 5.74) is 5.88. The van der Waals surface area contributed by atoms with Gasteiger partial charge in [0, 0.05) is 0 Å². The Bertz CT molecular complexity index is 663. The summed E-state index contributed by atoms with van der Waals surface area (Å²) >= 11 is 0. The van der Waals surface area contributed by atoms with Crippen molar-refractivity contribution in [3.8, 4) is 0 Å². The van der Waals surface area contributed by atoms with E-state index in [-0.39, 0.29) is 0 Å². The lowest BCUT2D eigenvalue weighted by Crippen LogP contribution is -2.39. The molecule has 2 N–H and O–H groups in total. The Hall–Kier alpha value is -1.38. The lowest BCUT2D eigenvalue weighted by Gasteiger charge is -2.28. The van der Waals surface area contributed by atoms with Crippen LogP contribution in [0.25, 0.3) is 0 Å². The molecule has 32 heavy (non-hydrogen) atoms. The molecule has 0 aromatic heterocycles. The molecule has 0 rings (SSSR count). The van der Waals surface area contributed by atoms with Crippen molar-refractivity contribution in [3.63, 3.8) is 0 Å². The zero-order valence-electron chi connectivity index (χ0n) is 22.4. The van der Waals surface area contributed by atoms with Gasteiger partial charge in [0.25, 0.3) is 0 Å². The molecule has 0 saturated heterocycles. The molecule has 0 unspecified atom stereocenters. The van der Waals surface area contributed by atoms with Gasteiger partial charge < -0.3 is 10.2 Å². The Balaban J connectivity index is 4.29. The Labute approximate surface area is 199 Å². The number of hydrogen-bond donors (Lipinski definition) is 2. The first kappa shape index (κ1) is 30.6. The molecule has 184 valence electrons. The van der Waals surface area contributed by atoms with E-state index in [1.807, 2.05) is 0 Å². The van der Waals surface area contributed by atoms with Crippen LogP contribution in [-0.2, 0) is 0 Å². The van der Waals surface area contributed by atoms with E-state index in [2.05, 4.69) is 78.8 Å². The van der Waals surface area contributed by atoms with Gasteiger partial charge in [-0.2, -0.15) is 0 Å². The SMILES string of the molecule is CC(C)=CCC/C(C)=C/CC/C(C)=C/CC[C@@H](O)[C@](C)(O)CC/C=C(\C)CCC=C(C)C. The highest BCUT2D eigenvalue weighted by Crippen LogP contribution is 2.22. The fourth-order valence-corrected chi connectivity index (χ4v) is 3.61. The maximum Gasteiger partial charge on any atom is 0.0880 e. The first-order chi connectivity index (χ1) is 14.9. The van der Waals surface area contributed by atoms with Crippen LogP contribution >= 0.6 is 0 Å². The summed E-state index contributed by atoms with van der Waals surface area (Å²) in [6.45, 7) is 16.9. The zero-order chi connectivity index (χ0) is 24.6. The molecule has 2 nitrogen and oxygen atoms in total. The van der Waals surface area contributed by atoms with Crippen LogP contribution < -0.4 is 0 Å². The topological polar surface area (TPSA) is 40.5 Å². The van der Waals surface area contributed by atoms with E-state index in [0.29, 0.717) is 12.8 Å². The first-order valence-corrected chi connectivity index (χ1v) is 12.6. The first-order valence-electron chi connectivity index (χ1n) is 12.6. The Morgan fingerprint density at radius 3 is 1.44 bits per heavy atom. The van der Waals surface area contributed by atoms with Gasteiger partial charge in [-0.15, -0.1) is 0 Å². The van der Waals surface area contributed by atoms with Crippen molar-refractivity contribution in [2.75, 3.05) is 0 Å². The Morgan fingerprint density at radius 1 is 0.625 bits per heavy atom. The highest BCUT2D eigenvalue weighted by Gasteiger charge is 2.28. The van der Waals surface area contributed by atoms with Gasteiger partial charge in [0.1, 0.15) is 0 Å². The molecule has 0 heterocycles. The van der Waals surface area contributed by atoms with Crippen molar-refractivity contribution >= 4 is 0 Å². The lowest BCUT2D eigenvalue weighted by atomic mass is 9.89. The minimum atomic E-state index is -1.04. The van der Waals surface area contributed by atoms with Gasteiger partial charge in [-0.25, -0.2) is 0 Å². The van der Waals surface area contributed by atoms with Crippen molar-refractivity contribution < 1.29 is 10.2 Å². The summed E-state index contributed by atoms with van der Waals surface area (Å²) < 4.78 is 0. The van der Waals surface area contributed by atoms with Crippen LogP contribution in [0.1, 0.15) is 120 Å². The van der Waals surface area contributed by atoms with Crippen molar-refractivity contribution in [2.24, 2.45) is 0 Å². The van der Waals surface area contributed by atoms with Gasteiger partial charge in [-0.1, -0.05) is 58.2 Å². The number of aliphatic hydroxyl groups excluding tert-OH is 1. The monoisotopic (exact) mass is 444 g/mol. The zero-order valence-corrected chi connectivity index (χ0v) is 22.4. The summed E-state index contributed by atoms with van der Waals surface area (Å²) in [6.07, 6.45) is 20.0. The molecule has 0 aliphatic carbocycles. The molecule has 0 aromatic rings. The van der Waals surface area contributed by atoms with Crippen LogP contribution in [-0.4, -0.2) is 21.9 Å². The second kappa shape index (κ2) is 17.1. The third kappa shape index (κ3) is 17.2. The summed E-state index contributed by atoms with van der Waals surface area (Å²) in [7, 11) is 0. The van der Waals surface area contributed by atoms with E-state index in [1.54, 1.807) is 6.92 Å². The molecular weight excluding hydrogens is 392 g/mol. The van der Waals surface area contributed by atoms with Crippen molar-refractivity contribution in [3.05, 3.63) is 58.2 Å². The minimum absolute atomic E-state index is 0.591. The summed E-state index contributed by atoms with van der Waals surface area (Å²) in [5.74, 6) is 0. The van der Waals surface area contributed by atoms with E-state index in [1.165, 1.54) is 27.9 Å². The fraction of sp³-hybridized carbons (Fsp3) is 0.667. The third-order valence-corrected chi connectivity index (χ3v) is 6.01. The highest BCUT2D eigenvalue weighted by atomic mass is 16.3. The largest absolute Gasteiger partial charge is 0.390 e. The molecule has 0 aliphatic rings. The van der Waals surface area contributed by atoms with Crippen molar-refractivity contribution in [1.29, 1.82) is 0 Å². The van der Waals surface area contributed by atoms with E-state index < -0.39 is 11.7 Å². The molecule has 0 amide bonds. The van der Waals surface area contributed by atoms with Gasteiger partial charge in [0.15, 0.2) is 0 Å². The maximum atomic E-state index is 10.7. The van der Waals surface area contributed by atoms with Gasteiger partial charge in [-0.3, -0.25) is 0 Å². The van der Waals surface area contributed by atoms with Crippen LogP contribution in [0.2, 0.25) is 0 Å². The molecule has 0 aromatic carbocycles. The Kier molecular flexibility index (Phi) is 16.4. The standard InChI is InChI=1S/C30H52O2/c1-24(2)14-9-16-26(5)18-11-19-27(6)20-12-22-29(31)30(8,32)23-13-21-28(7)17-10-15-25(3)4/h14-15,18,20-21,29,31-32H,9-13,16-17,19,22-23H2,1-8H3/b26-18+,27-20+,28-21+/t29-,30-/m1/s1. The molecule has 2 heteroatoms. The second-order valence-corrected chi connectivity index (χ2v) is 10.3. The number of hydrogen-bond acceptors (Lipinski definition) is 2. The van der Waals surface area contributed by atoms with E-state index in [4.69, 9.17) is 0 Å². The van der Waals surface area contributed by atoms with Crippen molar-refractivity contribution in [2.45, 2.75) is 131 Å². The fourth-order valence-electron chi connectivity index (χ4n) is 3.61. The summed E-state index contributed by atoms with van der Waals surface area (Å²) in [5, 5.41) is 21.2. The smallest absolute Gasteiger partial charge is 0.0880 e. The predicted molar refractivity (Wildman–Crippen MR) is 143 cm³/mol. The molecule has 0 radical (unpaired) electrons. The third-order valence-electron chi connectivity index (χ3n) is 6.01. The molecular formula is C30H52O2. The molecule has 0 fully saturated rings. The predicted octanol–water partition coefficient (Wildman–Crippen LogP) is 8.77. The van der Waals surface area contributed by atoms with E-state index in [0.717, 1.165) is 51.4 Å². The maximum absolute atomic E-state index is 10.7.